The number of hydrogen-bond acceptors (Lipinski definition) is 5. The Labute approximate surface area is 145 Å². The van der Waals surface area contributed by atoms with Crippen LogP contribution in [0.2, 0.25) is 0 Å². The van der Waals surface area contributed by atoms with Gasteiger partial charge in [0, 0.05) is 19.8 Å². The summed E-state index contributed by atoms with van der Waals surface area (Å²) in [6.07, 6.45) is 4.99. The molecule has 1 rings (SSSR count). The summed E-state index contributed by atoms with van der Waals surface area (Å²) in [6.45, 7) is 4.82. The highest BCUT2D eigenvalue weighted by atomic mass is 16.6. The van der Waals surface area contributed by atoms with Gasteiger partial charge >= 0.3 is 5.97 Å². The predicted octanol–water partition coefficient (Wildman–Crippen LogP) is 3.39. The average Bonchev–Trinajstić information content (AvgIpc) is 2.62. The molecule has 0 saturated carbocycles. The van der Waals surface area contributed by atoms with Crippen LogP contribution in [-0.4, -0.2) is 46.1 Å². The molecular formula is C19H30O5. The Morgan fingerprint density at radius 3 is 2.25 bits per heavy atom. The van der Waals surface area contributed by atoms with E-state index < -0.39 is 0 Å². The highest BCUT2D eigenvalue weighted by Gasteiger charge is 1.99. The van der Waals surface area contributed by atoms with E-state index in [1.165, 1.54) is 12.7 Å². The second-order valence-electron chi connectivity index (χ2n) is 5.50. The van der Waals surface area contributed by atoms with Crippen LogP contribution in [0.4, 0.5) is 0 Å². The van der Waals surface area contributed by atoms with E-state index in [4.69, 9.17) is 14.2 Å². The fraction of sp³-hybridized carbons (Fsp3) is 0.632. The number of ether oxygens (including phenoxy) is 4. The maximum atomic E-state index is 10.8. The second-order valence-corrected chi connectivity index (χ2v) is 5.50. The Morgan fingerprint density at radius 2 is 1.54 bits per heavy atom. The zero-order valence-corrected chi connectivity index (χ0v) is 14.9. The van der Waals surface area contributed by atoms with Crippen molar-refractivity contribution in [1.82, 2.24) is 0 Å². The number of rotatable bonds is 14. The average molecular weight is 338 g/mol. The van der Waals surface area contributed by atoms with E-state index >= 15 is 0 Å². The third kappa shape index (κ3) is 10.2. The summed E-state index contributed by atoms with van der Waals surface area (Å²) in [6, 6.07) is 8.28. The van der Waals surface area contributed by atoms with Gasteiger partial charge in [-0.25, -0.2) is 4.79 Å². The molecule has 0 saturated heterocycles. The Balaban J connectivity index is 1.84. The molecule has 0 fully saturated rings. The first kappa shape index (κ1) is 20.5. The molecule has 0 aliphatic rings. The maximum Gasteiger partial charge on any atom is 0.331 e. The lowest BCUT2D eigenvalue weighted by atomic mass is 10.2. The highest BCUT2D eigenvalue weighted by molar-refractivity contribution is 5.70. The molecule has 1 aromatic rings. The van der Waals surface area contributed by atoms with Gasteiger partial charge in [0.1, 0.15) is 12.4 Å². The van der Waals surface area contributed by atoms with Crippen molar-refractivity contribution >= 4 is 5.97 Å². The number of unbranched alkanes of at least 4 members (excludes halogenated alkanes) is 2. The lowest BCUT2D eigenvalue weighted by Gasteiger charge is -2.07. The van der Waals surface area contributed by atoms with E-state index in [1.807, 2.05) is 12.1 Å². The number of esters is 1. The molecule has 0 atom stereocenters. The van der Waals surface area contributed by atoms with Crippen LogP contribution in [0.5, 0.6) is 5.75 Å². The van der Waals surface area contributed by atoms with Gasteiger partial charge in [-0.1, -0.05) is 19.1 Å². The molecule has 0 spiro atoms. The van der Waals surface area contributed by atoms with Crippen molar-refractivity contribution in [1.29, 1.82) is 0 Å². The van der Waals surface area contributed by atoms with Crippen LogP contribution in [0.15, 0.2) is 24.3 Å². The zero-order chi connectivity index (χ0) is 17.5. The Bertz CT molecular complexity index is 430. The van der Waals surface area contributed by atoms with Gasteiger partial charge in [0.2, 0.25) is 0 Å². The molecule has 0 N–H and O–H groups in total. The summed E-state index contributed by atoms with van der Waals surface area (Å²) in [5.41, 5.74) is 1.33. The smallest absolute Gasteiger partial charge is 0.331 e. The SMILES string of the molecule is CCc1ccc(OCCCCCOCCCOCC(=O)OC)cc1. The molecule has 0 heterocycles. The fourth-order valence-corrected chi connectivity index (χ4v) is 2.07. The van der Waals surface area contributed by atoms with Crippen molar-refractivity contribution < 1.29 is 23.7 Å². The molecule has 24 heavy (non-hydrogen) atoms. The molecular weight excluding hydrogens is 308 g/mol. The summed E-state index contributed by atoms with van der Waals surface area (Å²) >= 11 is 0. The number of hydrogen-bond donors (Lipinski definition) is 0. The Hall–Kier alpha value is -1.59. The predicted molar refractivity (Wildman–Crippen MR) is 93.4 cm³/mol. The van der Waals surface area contributed by atoms with E-state index in [2.05, 4.69) is 23.8 Å². The second kappa shape index (κ2) is 13.8. The molecule has 0 aliphatic carbocycles. The summed E-state index contributed by atoms with van der Waals surface area (Å²) in [5, 5.41) is 0. The van der Waals surface area contributed by atoms with Gasteiger partial charge < -0.3 is 18.9 Å². The molecule has 0 aromatic heterocycles. The van der Waals surface area contributed by atoms with Crippen LogP contribution in [0, 0.1) is 0 Å². The van der Waals surface area contributed by atoms with Gasteiger partial charge in [0.15, 0.2) is 0 Å². The van der Waals surface area contributed by atoms with Gasteiger partial charge in [-0.2, -0.15) is 0 Å². The van der Waals surface area contributed by atoms with Gasteiger partial charge in [0.05, 0.1) is 13.7 Å². The fourth-order valence-electron chi connectivity index (χ4n) is 2.07. The molecule has 5 nitrogen and oxygen atoms in total. The van der Waals surface area contributed by atoms with Crippen molar-refractivity contribution in [3.05, 3.63) is 29.8 Å². The summed E-state index contributed by atoms with van der Waals surface area (Å²) in [5.74, 6) is 0.592. The topological polar surface area (TPSA) is 54.0 Å². The number of methoxy groups -OCH3 is 1. The Morgan fingerprint density at radius 1 is 0.875 bits per heavy atom. The maximum absolute atomic E-state index is 10.8. The van der Waals surface area contributed by atoms with Crippen LogP contribution in [-0.2, 0) is 25.4 Å². The molecule has 0 amide bonds. The monoisotopic (exact) mass is 338 g/mol. The first-order valence-corrected chi connectivity index (χ1v) is 8.70. The van der Waals surface area contributed by atoms with Crippen LogP contribution in [0.25, 0.3) is 0 Å². The number of carbonyl (C=O) groups is 1. The number of carbonyl (C=O) groups excluding carboxylic acids is 1. The van der Waals surface area contributed by atoms with Crippen LogP contribution < -0.4 is 4.74 Å². The van der Waals surface area contributed by atoms with Gasteiger partial charge in [-0.15, -0.1) is 0 Å². The summed E-state index contributed by atoms with van der Waals surface area (Å²) in [7, 11) is 1.35. The summed E-state index contributed by atoms with van der Waals surface area (Å²) < 4.78 is 20.8. The van der Waals surface area contributed by atoms with Crippen LogP contribution >= 0.6 is 0 Å². The minimum Gasteiger partial charge on any atom is -0.494 e. The first-order chi connectivity index (χ1) is 11.8. The molecule has 136 valence electrons. The van der Waals surface area contributed by atoms with E-state index in [9.17, 15) is 4.79 Å². The van der Waals surface area contributed by atoms with E-state index in [0.717, 1.165) is 51.1 Å². The minimum absolute atomic E-state index is 0.0116. The number of benzene rings is 1. The van der Waals surface area contributed by atoms with E-state index in [-0.39, 0.29) is 12.6 Å². The molecule has 0 unspecified atom stereocenters. The number of aryl methyl sites for hydroxylation is 1. The van der Waals surface area contributed by atoms with E-state index in [1.54, 1.807) is 0 Å². The van der Waals surface area contributed by atoms with Crippen molar-refractivity contribution in [3.8, 4) is 5.75 Å². The van der Waals surface area contributed by atoms with Gasteiger partial charge in [-0.3, -0.25) is 0 Å². The quantitative estimate of drug-likeness (QED) is 0.384. The molecule has 0 radical (unpaired) electrons. The zero-order valence-electron chi connectivity index (χ0n) is 14.9. The third-order valence-electron chi connectivity index (χ3n) is 3.56. The lowest BCUT2D eigenvalue weighted by molar-refractivity contribution is -0.146. The summed E-state index contributed by atoms with van der Waals surface area (Å²) in [4.78, 5) is 10.8. The molecule has 0 bridgehead atoms. The van der Waals surface area contributed by atoms with Gasteiger partial charge in [0.25, 0.3) is 0 Å². The Kier molecular flexibility index (Phi) is 11.8. The van der Waals surface area contributed by atoms with Gasteiger partial charge in [-0.05, 0) is 49.8 Å². The lowest BCUT2D eigenvalue weighted by Crippen LogP contribution is -2.11. The minimum atomic E-state index is -0.348. The van der Waals surface area contributed by atoms with Crippen LogP contribution in [0.1, 0.15) is 38.2 Å². The van der Waals surface area contributed by atoms with E-state index in [0.29, 0.717) is 13.2 Å². The standard InChI is InChI=1S/C19H30O5/c1-3-17-8-10-18(11-9-17)24-15-6-4-5-12-22-13-7-14-23-16-19(20)21-2/h8-11H,3-7,12-16H2,1-2H3. The van der Waals surface area contributed by atoms with Crippen molar-refractivity contribution in [2.45, 2.75) is 39.0 Å². The van der Waals surface area contributed by atoms with Crippen molar-refractivity contribution in [2.75, 3.05) is 40.1 Å². The molecule has 5 heteroatoms. The molecule has 0 aliphatic heterocycles. The van der Waals surface area contributed by atoms with Crippen LogP contribution in [0.3, 0.4) is 0 Å². The largest absolute Gasteiger partial charge is 0.494 e. The van der Waals surface area contributed by atoms with Crippen molar-refractivity contribution in [2.24, 2.45) is 0 Å². The van der Waals surface area contributed by atoms with Crippen molar-refractivity contribution in [3.63, 3.8) is 0 Å². The third-order valence-corrected chi connectivity index (χ3v) is 3.56. The highest BCUT2D eigenvalue weighted by Crippen LogP contribution is 2.13. The molecule has 1 aromatic carbocycles. The normalized spacial score (nSPS) is 10.6. The first-order valence-electron chi connectivity index (χ1n) is 8.70.